The van der Waals surface area contributed by atoms with Crippen molar-refractivity contribution in [2.75, 3.05) is 12.1 Å². The average Bonchev–Trinajstić information content (AvgIpc) is 3.37. The van der Waals surface area contributed by atoms with Crippen molar-refractivity contribution in [3.05, 3.63) is 54.9 Å². The number of carboxylic acid groups (broad SMARTS) is 1. The molecule has 174 valence electrons. The summed E-state index contributed by atoms with van der Waals surface area (Å²) in [5, 5.41) is 11.6. The van der Waals surface area contributed by atoms with Crippen molar-refractivity contribution in [3.63, 3.8) is 0 Å². The van der Waals surface area contributed by atoms with Gasteiger partial charge in [0.2, 0.25) is 0 Å². The Kier molecular flexibility index (Phi) is 6.38. The standard InChI is InChI=1S/C19H20FN6O6P/c1-11(19(27)28)25-33(29,32-12-5-3-2-4-6-12)10-30-14-7-13(20)18(31-14)26-9-24-15-16(21)22-8-23-17(15)26/h2-9,11,14,18H,10H2,1H3,(H,25,29)(H,27,28)(H2,21,22,23)/t11-,14-,18+,33?/m0/s1. The molecule has 1 aromatic carbocycles. The topological polar surface area (TPSA) is 164 Å². The molecule has 0 saturated carbocycles. The number of para-hydroxylation sites is 1. The van der Waals surface area contributed by atoms with E-state index in [1.807, 2.05) is 0 Å². The summed E-state index contributed by atoms with van der Waals surface area (Å²) in [6.07, 6.45) is 0.494. The van der Waals surface area contributed by atoms with E-state index in [-0.39, 0.29) is 22.7 Å². The lowest BCUT2D eigenvalue weighted by Gasteiger charge is -2.24. The number of carboxylic acids is 1. The van der Waals surface area contributed by atoms with Crippen LogP contribution < -0.4 is 15.3 Å². The van der Waals surface area contributed by atoms with Crippen LogP contribution in [0.15, 0.2) is 54.9 Å². The fraction of sp³-hybridized carbons (Fsp3) is 0.263. The van der Waals surface area contributed by atoms with Crippen LogP contribution in [0.5, 0.6) is 5.75 Å². The number of rotatable bonds is 9. The molecule has 14 heteroatoms. The maximum absolute atomic E-state index is 14.7. The van der Waals surface area contributed by atoms with E-state index in [4.69, 9.17) is 19.7 Å². The Morgan fingerprint density at radius 3 is 2.85 bits per heavy atom. The molecule has 0 bridgehead atoms. The molecule has 1 aliphatic rings. The third kappa shape index (κ3) is 5.01. The lowest BCUT2D eigenvalue weighted by atomic mass is 10.3. The van der Waals surface area contributed by atoms with Crippen LogP contribution in [0.1, 0.15) is 13.2 Å². The van der Waals surface area contributed by atoms with Crippen LogP contribution in [0.4, 0.5) is 10.2 Å². The molecule has 1 aliphatic heterocycles. The van der Waals surface area contributed by atoms with E-state index in [1.54, 1.807) is 30.3 Å². The summed E-state index contributed by atoms with van der Waals surface area (Å²) in [6.45, 7) is 1.31. The number of nitrogens with two attached hydrogens (primary N) is 1. The van der Waals surface area contributed by atoms with Gasteiger partial charge in [0.15, 0.2) is 36.2 Å². The van der Waals surface area contributed by atoms with Gasteiger partial charge in [-0.25, -0.2) is 24.4 Å². The zero-order valence-electron chi connectivity index (χ0n) is 17.2. The first-order valence-electron chi connectivity index (χ1n) is 9.67. The van der Waals surface area contributed by atoms with Crippen molar-refractivity contribution in [2.45, 2.75) is 25.5 Å². The molecule has 0 aliphatic carbocycles. The summed E-state index contributed by atoms with van der Waals surface area (Å²) in [7, 11) is -3.89. The van der Waals surface area contributed by atoms with Crippen LogP contribution in [-0.4, -0.2) is 49.3 Å². The second-order valence-electron chi connectivity index (χ2n) is 7.05. The molecule has 0 saturated heterocycles. The van der Waals surface area contributed by atoms with Crippen LogP contribution in [0, 0.1) is 0 Å². The van der Waals surface area contributed by atoms with Gasteiger partial charge < -0.3 is 24.8 Å². The third-order valence-corrected chi connectivity index (χ3v) is 6.37. The maximum Gasteiger partial charge on any atom is 0.342 e. The van der Waals surface area contributed by atoms with E-state index in [1.165, 1.54) is 24.1 Å². The highest BCUT2D eigenvalue weighted by atomic mass is 31.2. The van der Waals surface area contributed by atoms with Gasteiger partial charge in [-0.2, -0.15) is 0 Å². The van der Waals surface area contributed by atoms with Gasteiger partial charge in [-0.3, -0.25) is 13.9 Å². The normalized spacial score (nSPS) is 20.8. The number of nitrogens with one attached hydrogen (secondary N) is 1. The number of carbonyl (C=O) groups is 1. The molecule has 3 aromatic rings. The van der Waals surface area contributed by atoms with Gasteiger partial charge in [0.25, 0.3) is 0 Å². The third-order valence-electron chi connectivity index (χ3n) is 4.60. The van der Waals surface area contributed by atoms with E-state index >= 15 is 0 Å². The van der Waals surface area contributed by atoms with Crippen LogP contribution in [0.25, 0.3) is 11.2 Å². The van der Waals surface area contributed by atoms with Gasteiger partial charge >= 0.3 is 13.5 Å². The predicted octanol–water partition coefficient (Wildman–Crippen LogP) is 2.43. The number of aromatic nitrogens is 4. The van der Waals surface area contributed by atoms with Gasteiger partial charge in [-0.1, -0.05) is 18.2 Å². The number of nitrogens with zero attached hydrogens (tertiary/aromatic N) is 4. The van der Waals surface area contributed by atoms with Crippen molar-refractivity contribution in [1.29, 1.82) is 0 Å². The molecule has 4 atom stereocenters. The molecule has 0 radical (unpaired) electrons. The number of hydrogen-bond donors (Lipinski definition) is 3. The van der Waals surface area contributed by atoms with Crippen molar-refractivity contribution in [1.82, 2.24) is 24.6 Å². The molecule has 3 heterocycles. The summed E-state index contributed by atoms with van der Waals surface area (Å²) < 4.78 is 45.9. The van der Waals surface area contributed by atoms with E-state index in [9.17, 15) is 18.9 Å². The Hall–Kier alpha value is -3.38. The smallest absolute Gasteiger partial charge is 0.342 e. The fourth-order valence-electron chi connectivity index (χ4n) is 3.03. The number of anilines is 1. The number of halogens is 1. The predicted molar refractivity (Wildman–Crippen MR) is 114 cm³/mol. The number of fused-ring (bicyclic) bond motifs is 1. The lowest BCUT2D eigenvalue weighted by Crippen LogP contribution is -2.34. The van der Waals surface area contributed by atoms with E-state index in [2.05, 4.69) is 20.0 Å². The second-order valence-corrected chi connectivity index (χ2v) is 9.10. The van der Waals surface area contributed by atoms with Crippen LogP contribution in [0.2, 0.25) is 0 Å². The lowest BCUT2D eigenvalue weighted by molar-refractivity contribution is -0.138. The maximum atomic E-state index is 14.7. The quantitative estimate of drug-likeness (QED) is 0.387. The van der Waals surface area contributed by atoms with Crippen LogP contribution >= 0.6 is 7.52 Å². The fourth-order valence-corrected chi connectivity index (χ4v) is 4.72. The van der Waals surface area contributed by atoms with Gasteiger partial charge in [-0.05, 0) is 19.1 Å². The molecule has 12 nitrogen and oxygen atoms in total. The molecule has 0 amide bonds. The summed E-state index contributed by atoms with van der Waals surface area (Å²) in [6, 6.07) is 6.97. The highest BCUT2D eigenvalue weighted by Crippen LogP contribution is 2.45. The number of benzene rings is 1. The Morgan fingerprint density at radius 2 is 2.12 bits per heavy atom. The largest absolute Gasteiger partial charge is 0.480 e. The van der Waals surface area contributed by atoms with Crippen molar-refractivity contribution >= 4 is 30.5 Å². The molecule has 1 unspecified atom stereocenters. The molecule has 2 aromatic heterocycles. The Morgan fingerprint density at radius 1 is 1.36 bits per heavy atom. The van der Waals surface area contributed by atoms with Gasteiger partial charge in [-0.15, -0.1) is 0 Å². The summed E-state index contributed by atoms with van der Waals surface area (Å²) in [5.41, 5.74) is 6.29. The van der Waals surface area contributed by atoms with Gasteiger partial charge in [0.1, 0.15) is 23.6 Å². The number of nitrogen functional groups attached to an aromatic ring is 1. The Labute approximate surface area is 186 Å². The van der Waals surface area contributed by atoms with Crippen molar-refractivity contribution in [3.8, 4) is 5.75 Å². The SMILES string of the molecule is C[C@H](NP(=O)(CO[C@@H]1C=C(F)[C@H](n2cnc3c(N)ncnc32)O1)Oc1ccccc1)C(=O)O. The van der Waals surface area contributed by atoms with E-state index in [0.717, 1.165) is 6.08 Å². The monoisotopic (exact) mass is 478 g/mol. The average molecular weight is 478 g/mol. The number of hydrogen-bond acceptors (Lipinski definition) is 9. The summed E-state index contributed by atoms with van der Waals surface area (Å²) >= 11 is 0. The minimum atomic E-state index is -3.89. The molecular weight excluding hydrogens is 458 g/mol. The molecule has 4 N–H and O–H groups in total. The summed E-state index contributed by atoms with van der Waals surface area (Å²) in [4.78, 5) is 23.2. The van der Waals surface area contributed by atoms with E-state index in [0.29, 0.717) is 0 Å². The van der Waals surface area contributed by atoms with E-state index < -0.39 is 44.2 Å². The molecule has 33 heavy (non-hydrogen) atoms. The zero-order chi connectivity index (χ0) is 23.6. The van der Waals surface area contributed by atoms with Crippen molar-refractivity contribution < 1.29 is 32.9 Å². The number of ether oxygens (including phenoxy) is 2. The van der Waals surface area contributed by atoms with Gasteiger partial charge in [0, 0.05) is 6.08 Å². The zero-order valence-corrected chi connectivity index (χ0v) is 18.1. The highest BCUT2D eigenvalue weighted by molar-refractivity contribution is 7.57. The second kappa shape index (κ2) is 9.24. The Bertz CT molecular complexity index is 1240. The van der Waals surface area contributed by atoms with Crippen LogP contribution in [-0.2, 0) is 18.8 Å². The first-order valence-corrected chi connectivity index (χ1v) is 11.5. The number of aliphatic carboxylic acids is 1. The minimum Gasteiger partial charge on any atom is -0.480 e. The van der Waals surface area contributed by atoms with Crippen molar-refractivity contribution in [2.24, 2.45) is 0 Å². The van der Waals surface area contributed by atoms with Gasteiger partial charge in [0.05, 0.1) is 6.33 Å². The first kappa shape index (κ1) is 22.8. The molecule has 0 fully saturated rings. The molecule has 0 spiro atoms. The molecular formula is C19H20FN6O6P. The summed E-state index contributed by atoms with van der Waals surface area (Å²) in [5.74, 6) is -1.56. The minimum absolute atomic E-state index is 0.131. The molecule has 4 rings (SSSR count). The highest BCUT2D eigenvalue weighted by Gasteiger charge is 2.35. The first-order chi connectivity index (χ1) is 15.8. The number of imidazole rings is 1. The Balaban J connectivity index is 1.48. The van der Waals surface area contributed by atoms with Crippen LogP contribution in [0.3, 0.4) is 0 Å².